The summed E-state index contributed by atoms with van der Waals surface area (Å²) in [5.74, 6) is -0.222. The van der Waals surface area contributed by atoms with Crippen LogP contribution in [0.5, 0.6) is 0 Å². The molecule has 0 bridgehead atoms. The van der Waals surface area contributed by atoms with Crippen LogP contribution < -0.4 is 10.9 Å². The van der Waals surface area contributed by atoms with Crippen molar-refractivity contribution in [1.82, 2.24) is 19.5 Å². The number of benzene rings is 1. The maximum absolute atomic E-state index is 14.0. The van der Waals surface area contributed by atoms with Crippen molar-refractivity contribution in [3.63, 3.8) is 0 Å². The second kappa shape index (κ2) is 6.43. The van der Waals surface area contributed by atoms with E-state index in [1.807, 2.05) is 25.1 Å². The molecule has 2 heterocycles. The number of nitrogens with zero attached hydrogens (tertiary/aromatic N) is 4. The lowest BCUT2D eigenvalue weighted by Crippen LogP contribution is -2.13. The molecule has 0 saturated carbocycles. The van der Waals surface area contributed by atoms with Crippen LogP contribution in [0.4, 0.5) is 9.52 Å². The topological polar surface area (TPSA) is 62.5 Å². The lowest BCUT2D eigenvalue weighted by Gasteiger charge is -2.11. The summed E-state index contributed by atoms with van der Waals surface area (Å²) in [7, 11) is 3.80. The number of fused-ring (bicyclic) bond motifs is 1. The third kappa shape index (κ3) is 3.54. The van der Waals surface area contributed by atoms with E-state index >= 15 is 0 Å². The first-order valence-electron chi connectivity index (χ1n) is 7.04. The highest BCUT2D eigenvalue weighted by atomic mass is 32.1. The zero-order valence-electron chi connectivity index (χ0n) is 12.8. The predicted octanol–water partition coefficient (Wildman–Crippen LogP) is 1.96. The van der Waals surface area contributed by atoms with Gasteiger partial charge in [0.15, 0.2) is 0 Å². The minimum absolute atomic E-state index is 0.222. The lowest BCUT2D eigenvalue weighted by atomic mass is 10.1. The first kappa shape index (κ1) is 15.6. The van der Waals surface area contributed by atoms with E-state index in [4.69, 9.17) is 0 Å². The summed E-state index contributed by atoms with van der Waals surface area (Å²) in [6.07, 6.45) is 1.46. The van der Waals surface area contributed by atoms with Crippen LogP contribution in [-0.2, 0) is 13.1 Å². The molecule has 120 valence electrons. The van der Waals surface area contributed by atoms with Crippen LogP contribution in [0.15, 0.2) is 35.3 Å². The summed E-state index contributed by atoms with van der Waals surface area (Å²) in [5.41, 5.74) is 1.25. The van der Waals surface area contributed by atoms with Crippen LogP contribution >= 0.6 is 11.3 Å². The monoisotopic (exact) mass is 333 g/mol. The second-order valence-electron chi connectivity index (χ2n) is 5.40. The van der Waals surface area contributed by atoms with Gasteiger partial charge < -0.3 is 10.2 Å². The molecular weight excluding hydrogens is 317 g/mol. The molecule has 23 heavy (non-hydrogen) atoms. The van der Waals surface area contributed by atoms with Crippen LogP contribution in [0.25, 0.3) is 4.96 Å². The first-order chi connectivity index (χ1) is 11.0. The number of aromatic nitrogens is 3. The highest BCUT2D eigenvalue weighted by Crippen LogP contribution is 2.18. The van der Waals surface area contributed by atoms with Gasteiger partial charge in [-0.1, -0.05) is 23.5 Å². The average molecular weight is 333 g/mol. The zero-order chi connectivity index (χ0) is 16.4. The number of hydrogen-bond donors (Lipinski definition) is 1. The summed E-state index contributed by atoms with van der Waals surface area (Å²) in [5, 5.41) is 7.82. The van der Waals surface area contributed by atoms with E-state index in [0.717, 1.165) is 5.56 Å². The third-order valence-electron chi connectivity index (χ3n) is 3.22. The Hall–Kier alpha value is -2.32. The molecular formula is C15H16FN5OS. The van der Waals surface area contributed by atoms with Crippen LogP contribution in [0.3, 0.4) is 0 Å². The van der Waals surface area contributed by atoms with Crippen molar-refractivity contribution in [2.45, 2.75) is 13.1 Å². The van der Waals surface area contributed by atoms with Crippen LogP contribution in [-0.4, -0.2) is 33.6 Å². The molecule has 3 aromatic rings. The van der Waals surface area contributed by atoms with E-state index in [0.29, 0.717) is 28.7 Å². The van der Waals surface area contributed by atoms with E-state index in [1.165, 1.54) is 34.2 Å². The Balaban J connectivity index is 1.73. The SMILES string of the molecule is CN(C)Cc1ccc(CNc2nn3c(=O)ccnc3s2)cc1F. The lowest BCUT2D eigenvalue weighted by molar-refractivity contribution is 0.392. The maximum atomic E-state index is 14.0. The second-order valence-corrected chi connectivity index (χ2v) is 6.36. The van der Waals surface area contributed by atoms with Gasteiger partial charge in [0.1, 0.15) is 5.82 Å². The third-order valence-corrected chi connectivity index (χ3v) is 4.10. The highest BCUT2D eigenvalue weighted by molar-refractivity contribution is 7.20. The molecule has 0 spiro atoms. The number of hydrogen-bond acceptors (Lipinski definition) is 6. The molecule has 3 rings (SSSR count). The van der Waals surface area contributed by atoms with Crippen molar-refractivity contribution in [2.75, 3.05) is 19.4 Å². The smallest absolute Gasteiger partial charge is 0.275 e. The Morgan fingerprint density at radius 2 is 2.17 bits per heavy atom. The van der Waals surface area contributed by atoms with Crippen LogP contribution in [0.2, 0.25) is 0 Å². The molecule has 1 N–H and O–H groups in total. The minimum Gasteiger partial charge on any atom is -0.356 e. The molecule has 0 atom stereocenters. The van der Waals surface area contributed by atoms with E-state index in [-0.39, 0.29) is 11.4 Å². The molecule has 1 aromatic carbocycles. The van der Waals surface area contributed by atoms with Crippen molar-refractivity contribution in [2.24, 2.45) is 0 Å². The molecule has 0 aliphatic rings. The van der Waals surface area contributed by atoms with Crippen molar-refractivity contribution < 1.29 is 4.39 Å². The average Bonchev–Trinajstić information content (AvgIpc) is 2.92. The molecule has 0 saturated heterocycles. The Morgan fingerprint density at radius 3 is 2.87 bits per heavy atom. The van der Waals surface area contributed by atoms with E-state index < -0.39 is 0 Å². The van der Waals surface area contributed by atoms with E-state index in [9.17, 15) is 9.18 Å². The van der Waals surface area contributed by atoms with Gasteiger partial charge in [-0.05, 0) is 25.7 Å². The van der Waals surface area contributed by atoms with Crippen LogP contribution in [0, 0.1) is 5.82 Å². The summed E-state index contributed by atoms with van der Waals surface area (Å²) in [6.45, 7) is 0.986. The molecule has 0 unspecified atom stereocenters. The van der Waals surface area contributed by atoms with Gasteiger partial charge in [0, 0.05) is 30.9 Å². The number of halogens is 1. The standard InChI is InChI=1S/C15H16FN5OS/c1-20(2)9-11-4-3-10(7-12(11)16)8-18-14-19-21-13(22)5-6-17-15(21)23-14/h3-7H,8-9H2,1-2H3,(H,18,19). The Bertz CT molecular complexity index is 889. The van der Waals surface area contributed by atoms with Gasteiger partial charge in [0.2, 0.25) is 10.1 Å². The normalized spacial score (nSPS) is 11.3. The Kier molecular flexibility index (Phi) is 4.35. The fraction of sp³-hybridized carbons (Fsp3) is 0.267. The fourth-order valence-corrected chi connectivity index (χ4v) is 2.93. The fourth-order valence-electron chi connectivity index (χ4n) is 2.16. The van der Waals surface area contributed by atoms with Gasteiger partial charge >= 0.3 is 0 Å². The summed E-state index contributed by atoms with van der Waals surface area (Å²) < 4.78 is 15.3. The molecule has 0 fully saturated rings. The number of rotatable bonds is 5. The molecule has 0 radical (unpaired) electrons. The predicted molar refractivity (Wildman–Crippen MR) is 88.3 cm³/mol. The van der Waals surface area contributed by atoms with Gasteiger partial charge in [-0.25, -0.2) is 9.37 Å². The molecule has 2 aromatic heterocycles. The van der Waals surface area contributed by atoms with E-state index in [1.54, 1.807) is 6.07 Å². The molecule has 0 amide bonds. The van der Waals surface area contributed by atoms with Crippen molar-refractivity contribution in [3.05, 3.63) is 57.8 Å². The van der Waals surface area contributed by atoms with Gasteiger partial charge in [-0.3, -0.25) is 4.79 Å². The first-order valence-corrected chi connectivity index (χ1v) is 7.85. The van der Waals surface area contributed by atoms with Crippen LogP contribution in [0.1, 0.15) is 11.1 Å². The van der Waals surface area contributed by atoms with Crippen molar-refractivity contribution in [1.29, 1.82) is 0 Å². The molecule has 0 aliphatic carbocycles. The minimum atomic E-state index is -0.224. The van der Waals surface area contributed by atoms with Gasteiger partial charge in [0.05, 0.1) is 0 Å². The molecule has 0 aliphatic heterocycles. The summed E-state index contributed by atoms with van der Waals surface area (Å²) >= 11 is 1.28. The molecule has 6 nitrogen and oxygen atoms in total. The highest BCUT2D eigenvalue weighted by Gasteiger charge is 2.08. The zero-order valence-corrected chi connectivity index (χ0v) is 13.6. The summed E-state index contributed by atoms with van der Waals surface area (Å²) in [6, 6.07) is 6.54. The number of nitrogens with one attached hydrogen (secondary N) is 1. The Morgan fingerprint density at radius 1 is 1.35 bits per heavy atom. The van der Waals surface area contributed by atoms with Crippen molar-refractivity contribution in [3.8, 4) is 0 Å². The Labute approximate surface area is 136 Å². The maximum Gasteiger partial charge on any atom is 0.275 e. The largest absolute Gasteiger partial charge is 0.356 e. The summed E-state index contributed by atoms with van der Waals surface area (Å²) in [4.78, 5) is 18.1. The van der Waals surface area contributed by atoms with Gasteiger partial charge in [-0.2, -0.15) is 4.52 Å². The molecule has 8 heteroatoms. The van der Waals surface area contributed by atoms with E-state index in [2.05, 4.69) is 15.4 Å². The quantitative estimate of drug-likeness (QED) is 0.773. The van der Waals surface area contributed by atoms with Crippen molar-refractivity contribution >= 4 is 21.4 Å². The van der Waals surface area contributed by atoms with Gasteiger partial charge in [0.25, 0.3) is 5.56 Å². The number of anilines is 1. The van der Waals surface area contributed by atoms with Gasteiger partial charge in [-0.15, -0.1) is 5.10 Å².